The molecule has 1 fully saturated rings. The van der Waals surface area contributed by atoms with Gasteiger partial charge in [0.05, 0.1) is 31.1 Å². The lowest BCUT2D eigenvalue weighted by molar-refractivity contribution is -0.113. The lowest BCUT2D eigenvalue weighted by Gasteiger charge is -2.14. The van der Waals surface area contributed by atoms with Crippen LogP contribution in [0.25, 0.3) is 11.4 Å². The number of anilines is 1. The Labute approximate surface area is 198 Å². The molecule has 1 aliphatic heterocycles. The van der Waals surface area contributed by atoms with E-state index in [1.807, 2.05) is 11.5 Å². The summed E-state index contributed by atoms with van der Waals surface area (Å²) < 4.78 is 12.7. The highest BCUT2D eigenvalue weighted by molar-refractivity contribution is 7.99. The molecule has 11 heteroatoms. The van der Waals surface area contributed by atoms with Crippen LogP contribution in [0.5, 0.6) is 0 Å². The molecule has 1 amide bonds. The van der Waals surface area contributed by atoms with Gasteiger partial charge < -0.3 is 14.8 Å². The van der Waals surface area contributed by atoms with Crippen LogP contribution < -0.4 is 5.32 Å². The number of thioether (sulfide) groups is 1. The van der Waals surface area contributed by atoms with Crippen LogP contribution in [0.2, 0.25) is 0 Å². The molecular formula is C21H24N4O4S3. The summed E-state index contributed by atoms with van der Waals surface area (Å²) in [5, 5.41) is 14.8. The largest absolute Gasteiger partial charge is 0.465 e. The fourth-order valence-electron chi connectivity index (χ4n) is 3.49. The second-order valence-corrected chi connectivity index (χ2v) is 10.7. The molecular weight excluding hydrogens is 468 g/mol. The van der Waals surface area contributed by atoms with Crippen molar-refractivity contribution in [1.82, 2.24) is 14.8 Å². The van der Waals surface area contributed by atoms with Gasteiger partial charge in [-0.1, -0.05) is 11.8 Å². The van der Waals surface area contributed by atoms with Crippen LogP contribution in [-0.4, -0.2) is 52.2 Å². The zero-order valence-electron chi connectivity index (χ0n) is 18.0. The third-order valence-electron chi connectivity index (χ3n) is 4.96. The minimum Gasteiger partial charge on any atom is -0.465 e. The second-order valence-electron chi connectivity index (χ2n) is 7.43. The van der Waals surface area contributed by atoms with Gasteiger partial charge in [-0.05, 0) is 38.8 Å². The van der Waals surface area contributed by atoms with Crippen LogP contribution in [-0.2, 0) is 20.8 Å². The monoisotopic (exact) mass is 492 g/mol. The maximum atomic E-state index is 12.6. The molecule has 4 rings (SSSR count). The molecule has 3 aromatic rings. The predicted octanol–water partition coefficient (Wildman–Crippen LogP) is 4.38. The van der Waals surface area contributed by atoms with Crippen molar-refractivity contribution in [1.29, 1.82) is 0 Å². The van der Waals surface area contributed by atoms with E-state index >= 15 is 0 Å². The van der Waals surface area contributed by atoms with Gasteiger partial charge >= 0.3 is 5.97 Å². The van der Waals surface area contributed by atoms with Crippen LogP contribution >= 0.6 is 34.4 Å². The van der Waals surface area contributed by atoms with E-state index in [0.717, 1.165) is 35.7 Å². The Morgan fingerprint density at radius 3 is 2.84 bits per heavy atom. The van der Waals surface area contributed by atoms with E-state index in [1.54, 1.807) is 17.4 Å². The number of nitrogens with one attached hydrogen (secondary N) is 1. The number of carbonyl (C=O) groups is 2. The minimum atomic E-state index is -0.468. The van der Waals surface area contributed by atoms with E-state index in [1.165, 1.54) is 35.1 Å². The highest BCUT2D eigenvalue weighted by Gasteiger charge is 2.23. The fraction of sp³-hybridized carbons (Fsp3) is 0.429. The first-order valence-corrected chi connectivity index (χ1v) is 12.8. The first kappa shape index (κ1) is 23.0. The van der Waals surface area contributed by atoms with E-state index in [2.05, 4.69) is 33.9 Å². The van der Waals surface area contributed by atoms with Crippen LogP contribution in [0.3, 0.4) is 0 Å². The topological polar surface area (TPSA) is 95.3 Å². The Bertz CT molecular complexity index is 1110. The van der Waals surface area contributed by atoms with Crippen LogP contribution in [0.15, 0.2) is 22.7 Å². The fourth-order valence-corrected chi connectivity index (χ4v) is 5.83. The lowest BCUT2D eigenvalue weighted by atomic mass is 10.2. The highest BCUT2D eigenvalue weighted by Crippen LogP contribution is 2.31. The van der Waals surface area contributed by atoms with Gasteiger partial charge in [-0.15, -0.1) is 32.9 Å². The Morgan fingerprint density at radius 2 is 2.16 bits per heavy atom. The van der Waals surface area contributed by atoms with E-state index in [9.17, 15) is 9.59 Å². The lowest BCUT2D eigenvalue weighted by Crippen LogP contribution is -2.18. The maximum Gasteiger partial charge on any atom is 0.340 e. The summed E-state index contributed by atoms with van der Waals surface area (Å²) >= 11 is 4.33. The average Bonchev–Trinajstić information content (AvgIpc) is 3.55. The summed E-state index contributed by atoms with van der Waals surface area (Å²) in [7, 11) is 1.32. The smallest absolute Gasteiger partial charge is 0.340 e. The number of esters is 1. The molecule has 0 aromatic carbocycles. The molecule has 0 saturated carbocycles. The van der Waals surface area contributed by atoms with Crippen molar-refractivity contribution >= 4 is 51.3 Å². The molecule has 8 nitrogen and oxygen atoms in total. The Balaban J connectivity index is 1.48. The average molecular weight is 493 g/mol. The molecule has 170 valence electrons. The van der Waals surface area contributed by atoms with Crippen molar-refractivity contribution in [2.75, 3.05) is 24.8 Å². The van der Waals surface area contributed by atoms with E-state index in [4.69, 9.17) is 9.47 Å². The van der Waals surface area contributed by atoms with E-state index < -0.39 is 5.97 Å². The molecule has 1 atom stereocenters. The third kappa shape index (κ3) is 5.22. The standard InChI is InChI=1S/C21H24N4O4S3/c1-12-7-14(10-30-12)18-23-24-21(25(18)9-15-5-4-6-29-15)31-11-17(26)22-19-16(20(27)28-3)8-13(2)32-19/h7-8,10,15H,4-6,9,11H2,1-3H3,(H,22,26). The van der Waals surface area contributed by atoms with Gasteiger partial charge in [0.2, 0.25) is 5.91 Å². The van der Waals surface area contributed by atoms with Crippen LogP contribution in [0.1, 0.15) is 33.0 Å². The number of thiophene rings is 2. The van der Waals surface area contributed by atoms with Gasteiger partial charge in [0.1, 0.15) is 5.00 Å². The zero-order chi connectivity index (χ0) is 22.7. The summed E-state index contributed by atoms with van der Waals surface area (Å²) in [6.45, 7) is 5.36. The maximum absolute atomic E-state index is 12.6. The molecule has 1 N–H and O–H groups in total. The predicted molar refractivity (Wildman–Crippen MR) is 127 cm³/mol. The summed E-state index contributed by atoms with van der Waals surface area (Å²) in [5.74, 6) is 0.240. The van der Waals surface area contributed by atoms with Gasteiger partial charge in [0.15, 0.2) is 11.0 Å². The number of rotatable bonds is 8. The number of aryl methyl sites for hydroxylation is 2. The number of aromatic nitrogens is 3. The van der Waals surface area contributed by atoms with Crippen molar-refractivity contribution in [2.24, 2.45) is 0 Å². The molecule has 0 aliphatic carbocycles. The number of methoxy groups -OCH3 is 1. The minimum absolute atomic E-state index is 0.120. The third-order valence-corrected chi connectivity index (χ3v) is 7.76. The van der Waals surface area contributed by atoms with Crippen molar-refractivity contribution in [2.45, 2.75) is 44.5 Å². The quantitative estimate of drug-likeness (QED) is 0.368. The van der Waals surface area contributed by atoms with Gasteiger partial charge in [0, 0.05) is 27.3 Å². The number of nitrogens with zero attached hydrogens (tertiary/aromatic N) is 3. The van der Waals surface area contributed by atoms with Crippen molar-refractivity contribution in [3.05, 3.63) is 32.8 Å². The SMILES string of the molecule is COC(=O)c1cc(C)sc1NC(=O)CSc1nnc(-c2csc(C)c2)n1CC1CCCO1. The molecule has 32 heavy (non-hydrogen) atoms. The molecule has 0 radical (unpaired) electrons. The molecule has 4 heterocycles. The number of ether oxygens (including phenoxy) is 2. The van der Waals surface area contributed by atoms with E-state index in [-0.39, 0.29) is 17.8 Å². The Kier molecular flexibility index (Phi) is 7.29. The summed E-state index contributed by atoms with van der Waals surface area (Å²) in [4.78, 5) is 26.7. The van der Waals surface area contributed by atoms with Crippen molar-refractivity contribution in [3.8, 4) is 11.4 Å². The molecule has 0 bridgehead atoms. The molecule has 1 unspecified atom stereocenters. The number of amides is 1. The van der Waals surface area contributed by atoms with E-state index in [0.29, 0.717) is 22.3 Å². The normalized spacial score (nSPS) is 15.8. The first-order chi connectivity index (χ1) is 15.4. The summed E-state index contributed by atoms with van der Waals surface area (Å²) in [5.41, 5.74) is 1.39. The molecule has 0 spiro atoms. The number of hydrogen-bond donors (Lipinski definition) is 1. The van der Waals surface area contributed by atoms with Crippen molar-refractivity contribution in [3.63, 3.8) is 0 Å². The van der Waals surface area contributed by atoms with Gasteiger partial charge in [0.25, 0.3) is 0 Å². The second kappa shape index (κ2) is 10.2. The zero-order valence-corrected chi connectivity index (χ0v) is 20.5. The molecule has 1 aliphatic rings. The van der Waals surface area contributed by atoms with Crippen LogP contribution in [0, 0.1) is 13.8 Å². The Morgan fingerprint density at radius 1 is 1.31 bits per heavy atom. The molecule has 3 aromatic heterocycles. The van der Waals surface area contributed by atoms with Crippen molar-refractivity contribution < 1.29 is 19.1 Å². The van der Waals surface area contributed by atoms with Gasteiger partial charge in [-0.2, -0.15) is 0 Å². The number of carbonyl (C=O) groups excluding carboxylic acids is 2. The first-order valence-electron chi connectivity index (χ1n) is 10.2. The van der Waals surface area contributed by atoms with Gasteiger partial charge in [-0.25, -0.2) is 4.79 Å². The highest BCUT2D eigenvalue weighted by atomic mass is 32.2. The van der Waals surface area contributed by atoms with Gasteiger partial charge in [-0.3, -0.25) is 9.36 Å². The summed E-state index contributed by atoms with van der Waals surface area (Å²) in [6, 6.07) is 3.81. The summed E-state index contributed by atoms with van der Waals surface area (Å²) in [6.07, 6.45) is 2.17. The van der Waals surface area contributed by atoms with Crippen LogP contribution in [0.4, 0.5) is 5.00 Å². The Hall–Kier alpha value is -2.21. The number of hydrogen-bond acceptors (Lipinski definition) is 9. The molecule has 1 saturated heterocycles.